The largest absolute Gasteiger partial charge is 0.416 e. The van der Waals surface area contributed by atoms with Gasteiger partial charge in [0.15, 0.2) is 11.1 Å². The molecule has 1 aromatic heterocycles. The molecule has 1 heterocycles. The maximum atomic E-state index is 13.2. The molecule has 12 heteroatoms. The lowest BCUT2D eigenvalue weighted by molar-refractivity contribution is -0.137. The molecule has 192 valence electrons. The Labute approximate surface area is 206 Å². The number of hydrogen-bond donors (Lipinski definition) is 2. The van der Waals surface area contributed by atoms with Gasteiger partial charge in [-0.25, -0.2) is 13.6 Å². The molecule has 2 N–H and O–H groups in total. The molecule has 36 heavy (non-hydrogen) atoms. The standard InChI is InChI=1S/C24H24F3N3O5S/c1-2-3-11-29-14-20(21(31)28-13-16-7-9-17(10-8-16)15-36(34)35)22(32)30(23(29)33)19-6-4-5-18(12-19)24(25,26)27/h4-10,12,14H,2-3,11,13,15H2,1H3,(H,28,31)(H,34,35). The number of nitrogens with one attached hydrogen (secondary N) is 1. The fourth-order valence-electron chi connectivity index (χ4n) is 3.47. The van der Waals surface area contributed by atoms with E-state index < -0.39 is 45.5 Å². The molecule has 0 saturated carbocycles. The van der Waals surface area contributed by atoms with Crippen LogP contribution in [0.3, 0.4) is 0 Å². The van der Waals surface area contributed by atoms with Gasteiger partial charge in [-0.05, 0) is 35.7 Å². The van der Waals surface area contributed by atoms with Crippen molar-refractivity contribution in [1.29, 1.82) is 0 Å². The minimum atomic E-state index is -4.68. The number of hydrogen-bond acceptors (Lipinski definition) is 4. The Morgan fingerprint density at radius 3 is 2.36 bits per heavy atom. The summed E-state index contributed by atoms with van der Waals surface area (Å²) >= 11 is -1.99. The second kappa shape index (κ2) is 11.5. The lowest BCUT2D eigenvalue weighted by atomic mass is 10.1. The van der Waals surface area contributed by atoms with Crippen molar-refractivity contribution in [1.82, 2.24) is 14.5 Å². The molecule has 0 aliphatic carbocycles. The summed E-state index contributed by atoms with van der Waals surface area (Å²) in [4.78, 5) is 39.0. The van der Waals surface area contributed by atoms with Gasteiger partial charge in [0, 0.05) is 19.3 Å². The van der Waals surface area contributed by atoms with Crippen molar-refractivity contribution in [2.45, 2.75) is 44.8 Å². The van der Waals surface area contributed by atoms with Crippen molar-refractivity contribution >= 4 is 17.0 Å². The number of alkyl halides is 3. The van der Waals surface area contributed by atoms with E-state index in [2.05, 4.69) is 5.32 Å². The average molecular weight is 524 g/mol. The Bertz CT molecular complexity index is 1380. The summed E-state index contributed by atoms with van der Waals surface area (Å²) in [5.74, 6) is -0.840. The van der Waals surface area contributed by atoms with E-state index in [1.807, 2.05) is 6.92 Å². The Morgan fingerprint density at radius 2 is 1.75 bits per heavy atom. The number of halogens is 3. The van der Waals surface area contributed by atoms with E-state index in [1.165, 1.54) is 6.07 Å². The predicted octanol–water partition coefficient (Wildman–Crippen LogP) is 3.47. The summed E-state index contributed by atoms with van der Waals surface area (Å²) in [7, 11) is 0. The summed E-state index contributed by atoms with van der Waals surface area (Å²) in [5, 5.41) is 2.58. The van der Waals surface area contributed by atoms with Crippen molar-refractivity contribution in [3.05, 3.63) is 97.8 Å². The molecule has 0 bridgehead atoms. The Hall–Kier alpha value is -3.51. The van der Waals surface area contributed by atoms with E-state index in [9.17, 15) is 31.8 Å². The minimum Gasteiger partial charge on any atom is -0.348 e. The Morgan fingerprint density at radius 1 is 1.08 bits per heavy atom. The van der Waals surface area contributed by atoms with Crippen LogP contribution in [0, 0.1) is 0 Å². The topological polar surface area (TPSA) is 110 Å². The van der Waals surface area contributed by atoms with Crippen LogP contribution in [0.15, 0.2) is 64.3 Å². The highest BCUT2D eigenvalue weighted by molar-refractivity contribution is 7.78. The van der Waals surface area contributed by atoms with Crippen LogP contribution in [0.2, 0.25) is 0 Å². The third-order valence-electron chi connectivity index (χ3n) is 5.35. The molecular weight excluding hydrogens is 499 g/mol. The van der Waals surface area contributed by atoms with Crippen LogP contribution in [0.5, 0.6) is 0 Å². The molecular formula is C24H24F3N3O5S. The van der Waals surface area contributed by atoms with Gasteiger partial charge in [0.25, 0.3) is 11.5 Å². The summed E-state index contributed by atoms with van der Waals surface area (Å²) in [5.41, 5.74) is -2.33. The second-order valence-electron chi connectivity index (χ2n) is 8.03. The van der Waals surface area contributed by atoms with Gasteiger partial charge in [-0.15, -0.1) is 0 Å². The summed E-state index contributed by atoms with van der Waals surface area (Å²) < 4.78 is 61.3. The number of carbonyl (C=O) groups excluding carboxylic acids is 1. The van der Waals surface area contributed by atoms with E-state index in [0.717, 1.165) is 22.9 Å². The lowest BCUT2D eigenvalue weighted by Gasteiger charge is -2.14. The van der Waals surface area contributed by atoms with E-state index in [4.69, 9.17) is 4.55 Å². The zero-order chi connectivity index (χ0) is 26.5. The van der Waals surface area contributed by atoms with E-state index in [0.29, 0.717) is 34.6 Å². The number of carbonyl (C=O) groups is 1. The third-order valence-corrected chi connectivity index (χ3v) is 5.93. The van der Waals surface area contributed by atoms with Gasteiger partial charge < -0.3 is 9.87 Å². The summed E-state index contributed by atoms with van der Waals surface area (Å²) in [6, 6.07) is 10.3. The molecule has 0 aliphatic rings. The molecule has 0 aliphatic heterocycles. The van der Waals surface area contributed by atoms with Gasteiger partial charge in [-0.2, -0.15) is 13.2 Å². The lowest BCUT2D eigenvalue weighted by Crippen LogP contribution is -2.43. The van der Waals surface area contributed by atoms with Crippen LogP contribution in [0.4, 0.5) is 13.2 Å². The second-order valence-corrected chi connectivity index (χ2v) is 8.96. The van der Waals surface area contributed by atoms with Crippen LogP contribution in [-0.4, -0.2) is 23.8 Å². The molecule has 3 rings (SSSR count). The fourth-order valence-corrected chi connectivity index (χ4v) is 3.95. The fraction of sp³-hybridized carbons (Fsp3) is 0.292. The van der Waals surface area contributed by atoms with Crippen LogP contribution in [0.25, 0.3) is 5.69 Å². The average Bonchev–Trinajstić information content (AvgIpc) is 2.82. The first-order valence-corrected chi connectivity index (χ1v) is 12.3. The molecule has 0 spiro atoms. The normalized spacial score (nSPS) is 12.4. The van der Waals surface area contributed by atoms with Crippen molar-refractivity contribution in [3.63, 3.8) is 0 Å². The number of aromatic nitrogens is 2. The maximum absolute atomic E-state index is 13.2. The monoisotopic (exact) mass is 523 g/mol. The van der Waals surface area contributed by atoms with Gasteiger partial charge in [0.1, 0.15) is 5.56 Å². The van der Waals surface area contributed by atoms with Gasteiger partial charge in [0.2, 0.25) is 0 Å². The van der Waals surface area contributed by atoms with Crippen LogP contribution >= 0.6 is 0 Å². The van der Waals surface area contributed by atoms with Gasteiger partial charge in [-0.1, -0.05) is 43.7 Å². The summed E-state index contributed by atoms with van der Waals surface area (Å²) in [6.45, 7) is 2.06. The molecule has 1 atom stereocenters. The Kier molecular flexibility index (Phi) is 8.64. The van der Waals surface area contributed by atoms with Crippen LogP contribution in [-0.2, 0) is 36.1 Å². The number of benzene rings is 2. The van der Waals surface area contributed by atoms with Gasteiger partial charge in [0.05, 0.1) is 17.0 Å². The highest BCUT2D eigenvalue weighted by Crippen LogP contribution is 2.29. The van der Waals surface area contributed by atoms with E-state index in [1.54, 1.807) is 24.3 Å². The van der Waals surface area contributed by atoms with Crippen molar-refractivity contribution in [2.75, 3.05) is 0 Å². The first kappa shape index (κ1) is 27.1. The van der Waals surface area contributed by atoms with Crippen LogP contribution < -0.4 is 16.6 Å². The number of aryl methyl sites for hydroxylation is 1. The van der Waals surface area contributed by atoms with E-state index in [-0.39, 0.29) is 24.5 Å². The smallest absolute Gasteiger partial charge is 0.348 e. The number of rotatable bonds is 9. The SMILES string of the molecule is CCCCn1cc(C(=O)NCc2ccc(CS(=O)O)cc2)c(=O)n(-c2cccc(C(F)(F)F)c2)c1=O. The highest BCUT2D eigenvalue weighted by atomic mass is 32.2. The highest BCUT2D eigenvalue weighted by Gasteiger charge is 2.31. The van der Waals surface area contributed by atoms with Crippen molar-refractivity contribution < 1.29 is 26.7 Å². The Balaban J connectivity index is 1.97. The third kappa shape index (κ3) is 6.58. The zero-order valence-corrected chi connectivity index (χ0v) is 20.1. The molecule has 2 aromatic carbocycles. The molecule has 3 aromatic rings. The molecule has 0 saturated heterocycles. The van der Waals surface area contributed by atoms with Gasteiger partial charge in [-0.3, -0.25) is 14.2 Å². The first-order chi connectivity index (χ1) is 17.0. The van der Waals surface area contributed by atoms with Crippen molar-refractivity contribution in [2.24, 2.45) is 0 Å². The summed E-state index contributed by atoms with van der Waals surface area (Å²) in [6.07, 6.45) is -2.31. The maximum Gasteiger partial charge on any atom is 0.416 e. The number of amides is 1. The number of nitrogens with zero attached hydrogens (tertiary/aromatic N) is 2. The molecule has 8 nitrogen and oxygen atoms in total. The minimum absolute atomic E-state index is 0.0123. The quantitative estimate of drug-likeness (QED) is 0.418. The molecule has 0 radical (unpaired) electrons. The predicted molar refractivity (Wildman–Crippen MR) is 128 cm³/mol. The molecule has 0 fully saturated rings. The van der Waals surface area contributed by atoms with E-state index >= 15 is 0 Å². The number of unbranched alkanes of at least 4 members (excludes halogenated alkanes) is 1. The first-order valence-electron chi connectivity index (χ1n) is 11.0. The van der Waals surface area contributed by atoms with Crippen molar-refractivity contribution in [3.8, 4) is 5.69 Å². The molecule has 1 amide bonds. The zero-order valence-electron chi connectivity index (χ0n) is 19.2. The molecule has 1 unspecified atom stereocenters. The van der Waals surface area contributed by atoms with Crippen LogP contribution in [0.1, 0.15) is 46.8 Å². The van der Waals surface area contributed by atoms with Gasteiger partial charge >= 0.3 is 11.9 Å².